The highest BCUT2D eigenvalue weighted by atomic mass is 32.2. The minimum Gasteiger partial charge on any atom is -0.355 e. The number of amides is 1. The molecule has 0 saturated carbocycles. The summed E-state index contributed by atoms with van der Waals surface area (Å²) in [6, 6.07) is 5.77. The maximum atomic E-state index is 13.3. The van der Waals surface area contributed by atoms with E-state index in [4.69, 9.17) is 0 Å². The van der Waals surface area contributed by atoms with E-state index < -0.39 is 15.4 Å². The molecule has 28 heavy (non-hydrogen) atoms. The lowest BCUT2D eigenvalue weighted by Crippen LogP contribution is -2.48. The largest absolute Gasteiger partial charge is 0.355 e. The summed E-state index contributed by atoms with van der Waals surface area (Å²) in [4.78, 5) is 21.5. The van der Waals surface area contributed by atoms with Gasteiger partial charge >= 0.3 is 0 Å². The molecule has 7 nitrogen and oxygen atoms in total. The van der Waals surface area contributed by atoms with Gasteiger partial charge in [0, 0.05) is 52.4 Å². The first-order valence-electron chi connectivity index (χ1n) is 10.0. The lowest BCUT2D eigenvalue weighted by Gasteiger charge is -2.34. The summed E-state index contributed by atoms with van der Waals surface area (Å²) >= 11 is 0. The smallest absolute Gasteiger partial charge is 0.230 e. The Morgan fingerprint density at radius 2 is 2.07 bits per heavy atom. The average Bonchev–Trinajstić information content (AvgIpc) is 2.89. The highest BCUT2D eigenvalue weighted by molar-refractivity contribution is 7.89. The lowest BCUT2D eigenvalue weighted by molar-refractivity contribution is -0.141. The van der Waals surface area contributed by atoms with Crippen LogP contribution in [-0.4, -0.2) is 74.5 Å². The van der Waals surface area contributed by atoms with Crippen LogP contribution in [0.2, 0.25) is 0 Å². The van der Waals surface area contributed by atoms with Gasteiger partial charge in [-0.3, -0.25) is 4.79 Å². The zero-order valence-electron chi connectivity index (χ0n) is 17.3. The van der Waals surface area contributed by atoms with Gasteiger partial charge in [0.25, 0.3) is 0 Å². The number of nitrogens with zero attached hydrogens (tertiary/aromatic N) is 4. The standard InChI is InChI=1S/C20H32N4O3S/c1-16(2)14-28(26,27)24-11-7-9-20(19(25)22(3)4)15-23(12-17(20)13-24)18-8-5-6-10-21-18/h5-6,8,10,16-17H,7,9,11-15H2,1-4H3/t17-,20+/m1/s1. The van der Waals surface area contributed by atoms with Crippen molar-refractivity contribution in [3.8, 4) is 0 Å². The van der Waals surface area contributed by atoms with Gasteiger partial charge in [0.1, 0.15) is 5.82 Å². The summed E-state index contributed by atoms with van der Waals surface area (Å²) in [5, 5.41) is 0. The monoisotopic (exact) mass is 408 g/mol. The van der Waals surface area contributed by atoms with Crippen molar-refractivity contribution in [2.24, 2.45) is 17.3 Å². The van der Waals surface area contributed by atoms with Crippen molar-refractivity contribution in [3.63, 3.8) is 0 Å². The average molecular weight is 409 g/mol. The van der Waals surface area contributed by atoms with Gasteiger partial charge in [0.05, 0.1) is 11.2 Å². The lowest BCUT2D eigenvalue weighted by atomic mass is 9.74. The van der Waals surface area contributed by atoms with E-state index in [1.165, 1.54) is 0 Å². The molecule has 2 aliphatic heterocycles. The number of hydrogen-bond donors (Lipinski definition) is 0. The van der Waals surface area contributed by atoms with Crippen molar-refractivity contribution in [2.45, 2.75) is 26.7 Å². The SMILES string of the molecule is CC(C)CS(=O)(=O)N1CCC[C@]2(C(=O)N(C)C)CN(c3ccccn3)C[C@@H]2C1. The van der Waals surface area contributed by atoms with Crippen LogP contribution in [0.15, 0.2) is 24.4 Å². The van der Waals surface area contributed by atoms with E-state index in [-0.39, 0.29) is 23.5 Å². The second-order valence-corrected chi connectivity index (χ2v) is 10.8. The van der Waals surface area contributed by atoms with Crippen LogP contribution < -0.4 is 4.90 Å². The highest BCUT2D eigenvalue weighted by Crippen LogP contribution is 2.45. The number of anilines is 1. The molecule has 0 radical (unpaired) electrons. The number of carbonyl (C=O) groups excluding carboxylic acids is 1. The minimum atomic E-state index is -3.33. The molecular weight excluding hydrogens is 376 g/mol. The maximum Gasteiger partial charge on any atom is 0.230 e. The summed E-state index contributed by atoms with van der Waals surface area (Å²) in [5.41, 5.74) is -0.566. The number of sulfonamides is 1. The molecule has 1 aromatic heterocycles. The number of carbonyl (C=O) groups is 1. The molecule has 2 fully saturated rings. The van der Waals surface area contributed by atoms with Crippen LogP contribution in [0.1, 0.15) is 26.7 Å². The third kappa shape index (κ3) is 4.03. The summed E-state index contributed by atoms with van der Waals surface area (Å²) in [6.07, 6.45) is 3.15. The van der Waals surface area contributed by atoms with E-state index in [1.807, 2.05) is 32.0 Å². The van der Waals surface area contributed by atoms with Gasteiger partial charge < -0.3 is 9.80 Å². The molecule has 0 unspecified atom stereocenters. The molecule has 2 aliphatic rings. The summed E-state index contributed by atoms with van der Waals surface area (Å²) < 4.78 is 27.4. The van der Waals surface area contributed by atoms with E-state index in [0.717, 1.165) is 5.82 Å². The summed E-state index contributed by atoms with van der Waals surface area (Å²) in [5.74, 6) is 1.12. The van der Waals surface area contributed by atoms with Crippen molar-refractivity contribution in [2.75, 3.05) is 50.9 Å². The van der Waals surface area contributed by atoms with Crippen LogP contribution in [0.3, 0.4) is 0 Å². The first-order chi connectivity index (χ1) is 13.2. The van der Waals surface area contributed by atoms with Gasteiger partial charge in [0.2, 0.25) is 15.9 Å². The van der Waals surface area contributed by atoms with E-state index in [1.54, 1.807) is 29.5 Å². The second kappa shape index (κ2) is 7.99. The fourth-order valence-electron chi connectivity index (χ4n) is 4.69. The molecule has 2 saturated heterocycles. The molecule has 3 heterocycles. The number of pyridine rings is 1. The van der Waals surface area contributed by atoms with Gasteiger partial charge in [-0.1, -0.05) is 19.9 Å². The van der Waals surface area contributed by atoms with Crippen LogP contribution >= 0.6 is 0 Å². The Morgan fingerprint density at radius 1 is 1.32 bits per heavy atom. The fourth-order valence-corrected chi connectivity index (χ4v) is 6.56. The Bertz CT molecular complexity index is 797. The molecule has 0 N–H and O–H groups in total. The van der Waals surface area contributed by atoms with Crippen molar-refractivity contribution >= 4 is 21.7 Å². The Labute approximate surface area is 168 Å². The Kier molecular flexibility index (Phi) is 6.00. The fraction of sp³-hybridized carbons (Fsp3) is 0.700. The molecule has 0 aromatic carbocycles. The zero-order chi connectivity index (χ0) is 20.5. The van der Waals surface area contributed by atoms with Crippen molar-refractivity contribution < 1.29 is 13.2 Å². The molecule has 2 atom stereocenters. The van der Waals surface area contributed by atoms with Gasteiger partial charge in [0.15, 0.2) is 0 Å². The van der Waals surface area contributed by atoms with Crippen molar-refractivity contribution in [1.82, 2.24) is 14.2 Å². The maximum absolute atomic E-state index is 13.3. The van der Waals surface area contributed by atoms with Crippen LogP contribution in [0.4, 0.5) is 5.82 Å². The number of fused-ring (bicyclic) bond motifs is 1. The van der Waals surface area contributed by atoms with Crippen LogP contribution in [0.5, 0.6) is 0 Å². The van der Waals surface area contributed by atoms with Gasteiger partial charge in [-0.2, -0.15) is 0 Å². The van der Waals surface area contributed by atoms with E-state index in [9.17, 15) is 13.2 Å². The molecule has 3 rings (SSSR count). The van der Waals surface area contributed by atoms with Crippen LogP contribution in [0, 0.1) is 17.3 Å². The third-order valence-corrected chi connectivity index (χ3v) is 8.10. The Hall–Kier alpha value is -1.67. The van der Waals surface area contributed by atoms with E-state index >= 15 is 0 Å². The van der Waals surface area contributed by atoms with Gasteiger partial charge in [-0.25, -0.2) is 17.7 Å². The quantitative estimate of drug-likeness (QED) is 0.741. The van der Waals surface area contributed by atoms with Gasteiger partial charge in [-0.15, -0.1) is 0 Å². The highest BCUT2D eigenvalue weighted by Gasteiger charge is 2.54. The molecular formula is C20H32N4O3S. The Balaban J connectivity index is 1.93. The number of rotatable bonds is 5. The molecule has 0 bridgehead atoms. The summed E-state index contributed by atoms with van der Waals surface area (Å²) in [7, 11) is 0.250. The first-order valence-corrected chi connectivity index (χ1v) is 11.6. The van der Waals surface area contributed by atoms with E-state index in [0.29, 0.717) is 39.0 Å². The molecule has 0 aliphatic carbocycles. The predicted octanol–water partition coefficient (Wildman–Crippen LogP) is 1.67. The van der Waals surface area contributed by atoms with Crippen molar-refractivity contribution in [3.05, 3.63) is 24.4 Å². The molecule has 1 aromatic rings. The topological polar surface area (TPSA) is 73.8 Å². The third-order valence-electron chi connectivity index (χ3n) is 5.89. The van der Waals surface area contributed by atoms with Crippen LogP contribution in [-0.2, 0) is 14.8 Å². The summed E-state index contributed by atoms with van der Waals surface area (Å²) in [6.45, 7) is 5.98. The molecule has 8 heteroatoms. The van der Waals surface area contributed by atoms with Gasteiger partial charge in [-0.05, 0) is 30.9 Å². The zero-order valence-corrected chi connectivity index (χ0v) is 18.2. The number of hydrogen-bond acceptors (Lipinski definition) is 5. The van der Waals surface area contributed by atoms with Crippen LogP contribution in [0.25, 0.3) is 0 Å². The molecule has 1 amide bonds. The minimum absolute atomic E-state index is 0.0474. The predicted molar refractivity (Wildman–Crippen MR) is 110 cm³/mol. The van der Waals surface area contributed by atoms with Crippen molar-refractivity contribution in [1.29, 1.82) is 0 Å². The molecule has 156 valence electrons. The number of aromatic nitrogens is 1. The Morgan fingerprint density at radius 3 is 2.68 bits per heavy atom. The molecule has 0 spiro atoms. The first kappa shape index (κ1) is 21.0. The second-order valence-electron chi connectivity index (χ2n) is 8.76. The van der Waals surface area contributed by atoms with E-state index in [2.05, 4.69) is 9.88 Å². The normalized spacial score (nSPS) is 26.2.